The minimum Gasteiger partial charge on any atom is -0.492 e. The lowest BCUT2D eigenvalue weighted by atomic mass is 10.1. The molecule has 1 saturated heterocycles. The maximum Gasteiger partial charge on any atom is 0.122 e. The van der Waals surface area contributed by atoms with Crippen molar-refractivity contribution in [3.63, 3.8) is 0 Å². The number of nitrogens with zero attached hydrogens (tertiary/aromatic N) is 2. The van der Waals surface area contributed by atoms with E-state index in [2.05, 4.69) is 52.8 Å². The van der Waals surface area contributed by atoms with E-state index in [-0.39, 0.29) is 30.1 Å². The van der Waals surface area contributed by atoms with Crippen LogP contribution in [0.3, 0.4) is 0 Å². The number of benzene rings is 2. The number of hydrogen-bond donors (Lipinski definition) is 1. The summed E-state index contributed by atoms with van der Waals surface area (Å²) in [5.74, 6) is 0.948. The average Bonchev–Trinajstić information content (AvgIpc) is 2.70. The van der Waals surface area contributed by atoms with E-state index in [1.807, 2.05) is 24.3 Å². The minimum atomic E-state index is 0. The molecule has 1 aliphatic heterocycles. The number of para-hydroxylation sites is 1. The van der Waals surface area contributed by atoms with E-state index >= 15 is 0 Å². The third-order valence-electron chi connectivity index (χ3n) is 4.95. The first kappa shape index (κ1) is 25.9. The Morgan fingerprint density at radius 1 is 0.931 bits per heavy atom. The molecule has 1 aliphatic rings. The molecule has 0 aromatic heterocycles. The Morgan fingerprint density at radius 3 is 2.24 bits per heavy atom. The van der Waals surface area contributed by atoms with Crippen molar-refractivity contribution in [1.29, 1.82) is 0 Å². The SMILES string of the molecule is C=CCc1ccccc1OCC(S)CN1CCN(Cc2ccccc2)CC1.Cl.Cl. The smallest absolute Gasteiger partial charge is 0.122 e. The minimum absolute atomic E-state index is 0. The Balaban J connectivity index is 0.00000210. The zero-order valence-electron chi connectivity index (χ0n) is 16.8. The van der Waals surface area contributed by atoms with Gasteiger partial charge in [-0.3, -0.25) is 9.80 Å². The van der Waals surface area contributed by atoms with Gasteiger partial charge in [-0.1, -0.05) is 54.6 Å². The number of rotatable bonds is 9. The van der Waals surface area contributed by atoms with Crippen molar-refractivity contribution in [2.45, 2.75) is 18.2 Å². The Kier molecular flexibility index (Phi) is 12.4. The van der Waals surface area contributed by atoms with Crippen molar-refractivity contribution >= 4 is 37.4 Å². The topological polar surface area (TPSA) is 15.7 Å². The first-order chi connectivity index (χ1) is 13.2. The van der Waals surface area contributed by atoms with Gasteiger partial charge in [0.1, 0.15) is 12.4 Å². The molecule has 1 unspecified atom stereocenters. The number of thiol groups is 1. The monoisotopic (exact) mass is 454 g/mol. The molecule has 6 heteroatoms. The van der Waals surface area contributed by atoms with Gasteiger partial charge in [-0.2, -0.15) is 12.6 Å². The first-order valence-corrected chi connectivity index (χ1v) is 10.2. The molecular weight excluding hydrogens is 423 g/mol. The molecule has 3 nitrogen and oxygen atoms in total. The molecule has 2 aromatic rings. The average molecular weight is 455 g/mol. The van der Waals surface area contributed by atoms with Crippen molar-refractivity contribution in [2.24, 2.45) is 0 Å². The van der Waals surface area contributed by atoms with Crippen LogP contribution in [0.4, 0.5) is 0 Å². The normalized spacial score (nSPS) is 15.6. The molecular formula is C23H32Cl2N2OS. The molecule has 2 aromatic carbocycles. The summed E-state index contributed by atoms with van der Waals surface area (Å²) in [7, 11) is 0. The number of hydrogen-bond acceptors (Lipinski definition) is 4. The standard InChI is InChI=1S/C23H30N2OS.2ClH/c1-2-8-21-11-6-7-12-23(21)26-19-22(27)18-25-15-13-24(14-16-25)17-20-9-4-3-5-10-20;;/h2-7,9-12,22,27H,1,8,13-19H2;2*1H. The summed E-state index contributed by atoms with van der Waals surface area (Å²) in [6.45, 7) is 10.9. The largest absolute Gasteiger partial charge is 0.492 e. The Bertz CT molecular complexity index is 709. The summed E-state index contributed by atoms with van der Waals surface area (Å²) in [6.07, 6.45) is 2.74. The van der Waals surface area contributed by atoms with Crippen LogP contribution < -0.4 is 4.74 Å². The maximum atomic E-state index is 6.03. The molecule has 0 bridgehead atoms. The van der Waals surface area contributed by atoms with E-state index in [0.717, 1.165) is 51.4 Å². The Morgan fingerprint density at radius 2 is 1.55 bits per heavy atom. The molecule has 0 aliphatic carbocycles. The van der Waals surface area contributed by atoms with Crippen LogP contribution in [0.5, 0.6) is 5.75 Å². The molecule has 3 rings (SSSR count). The van der Waals surface area contributed by atoms with Crippen molar-refractivity contribution in [2.75, 3.05) is 39.3 Å². The number of ether oxygens (including phenoxy) is 1. The second-order valence-corrected chi connectivity index (χ2v) is 7.86. The second-order valence-electron chi connectivity index (χ2n) is 7.13. The highest BCUT2D eigenvalue weighted by Gasteiger charge is 2.19. The molecule has 0 amide bonds. The number of allylic oxidation sites excluding steroid dienone is 1. The van der Waals surface area contributed by atoms with E-state index in [1.54, 1.807) is 0 Å². The fourth-order valence-electron chi connectivity index (χ4n) is 3.48. The highest BCUT2D eigenvalue weighted by atomic mass is 35.5. The van der Waals surface area contributed by atoms with Crippen molar-refractivity contribution in [3.05, 3.63) is 78.4 Å². The third kappa shape index (κ3) is 8.61. The molecule has 1 heterocycles. The van der Waals surface area contributed by atoms with Crippen LogP contribution in [0.2, 0.25) is 0 Å². The molecule has 29 heavy (non-hydrogen) atoms. The van der Waals surface area contributed by atoms with Crippen molar-refractivity contribution < 1.29 is 4.74 Å². The summed E-state index contributed by atoms with van der Waals surface area (Å²) in [5.41, 5.74) is 2.58. The molecule has 0 saturated carbocycles. The van der Waals surface area contributed by atoms with Crippen LogP contribution in [-0.4, -0.2) is 54.4 Å². The van der Waals surface area contributed by atoms with E-state index in [4.69, 9.17) is 17.4 Å². The van der Waals surface area contributed by atoms with E-state index < -0.39 is 0 Å². The van der Waals surface area contributed by atoms with Gasteiger partial charge in [0.15, 0.2) is 0 Å². The van der Waals surface area contributed by atoms with Gasteiger partial charge in [0, 0.05) is 44.5 Å². The summed E-state index contributed by atoms with van der Waals surface area (Å²) < 4.78 is 6.03. The van der Waals surface area contributed by atoms with Gasteiger partial charge < -0.3 is 4.74 Å². The van der Waals surface area contributed by atoms with Gasteiger partial charge in [0.05, 0.1) is 0 Å². The Hall–Kier alpha value is -1.17. The van der Waals surface area contributed by atoms with Gasteiger partial charge >= 0.3 is 0 Å². The molecule has 1 fully saturated rings. The van der Waals surface area contributed by atoms with Gasteiger partial charge in [0.2, 0.25) is 0 Å². The highest BCUT2D eigenvalue weighted by molar-refractivity contribution is 7.81. The summed E-state index contributed by atoms with van der Waals surface area (Å²) >= 11 is 4.76. The second kappa shape index (κ2) is 13.9. The van der Waals surface area contributed by atoms with Crippen LogP contribution >= 0.6 is 37.4 Å². The maximum absolute atomic E-state index is 6.03. The lowest BCUT2D eigenvalue weighted by molar-refractivity contribution is 0.123. The lowest BCUT2D eigenvalue weighted by Crippen LogP contribution is -2.48. The van der Waals surface area contributed by atoms with E-state index in [0.29, 0.717) is 6.61 Å². The molecule has 0 spiro atoms. The van der Waals surface area contributed by atoms with Crippen LogP contribution in [0.25, 0.3) is 0 Å². The van der Waals surface area contributed by atoms with Gasteiger partial charge in [0.25, 0.3) is 0 Å². The predicted molar refractivity (Wildman–Crippen MR) is 131 cm³/mol. The number of piperazine rings is 1. The van der Waals surface area contributed by atoms with Gasteiger partial charge in [-0.25, -0.2) is 0 Å². The molecule has 160 valence electrons. The van der Waals surface area contributed by atoms with Crippen LogP contribution in [0, 0.1) is 0 Å². The summed E-state index contributed by atoms with van der Waals surface area (Å²) in [4.78, 5) is 5.03. The Labute approximate surface area is 193 Å². The fraction of sp³-hybridized carbons (Fsp3) is 0.391. The van der Waals surface area contributed by atoms with Crippen LogP contribution in [0.1, 0.15) is 11.1 Å². The van der Waals surface area contributed by atoms with Crippen LogP contribution in [-0.2, 0) is 13.0 Å². The lowest BCUT2D eigenvalue weighted by Gasteiger charge is -2.35. The summed E-state index contributed by atoms with van der Waals surface area (Å²) in [6, 6.07) is 18.9. The van der Waals surface area contributed by atoms with Gasteiger partial charge in [-0.05, 0) is 23.6 Å². The predicted octanol–water partition coefficient (Wildman–Crippen LogP) is 4.75. The molecule has 0 N–H and O–H groups in total. The zero-order valence-corrected chi connectivity index (χ0v) is 19.3. The van der Waals surface area contributed by atoms with Gasteiger partial charge in [-0.15, -0.1) is 31.4 Å². The van der Waals surface area contributed by atoms with Crippen LogP contribution in [0.15, 0.2) is 67.3 Å². The number of halogens is 2. The molecule has 1 atom stereocenters. The quantitative estimate of drug-likeness (QED) is 0.434. The zero-order chi connectivity index (χ0) is 18.9. The van der Waals surface area contributed by atoms with Crippen molar-refractivity contribution in [1.82, 2.24) is 9.80 Å². The van der Waals surface area contributed by atoms with E-state index in [9.17, 15) is 0 Å². The first-order valence-electron chi connectivity index (χ1n) is 9.73. The third-order valence-corrected chi connectivity index (χ3v) is 5.26. The van der Waals surface area contributed by atoms with Crippen molar-refractivity contribution in [3.8, 4) is 5.75 Å². The fourth-order valence-corrected chi connectivity index (χ4v) is 3.78. The van der Waals surface area contributed by atoms with E-state index in [1.165, 1.54) is 11.1 Å². The molecule has 0 radical (unpaired) electrons. The highest BCUT2D eigenvalue weighted by Crippen LogP contribution is 2.19. The summed E-state index contributed by atoms with van der Waals surface area (Å²) in [5, 5.41) is 0.211.